The fraction of sp³-hybridized carbons (Fsp3) is 0.625. The Labute approximate surface area is 362 Å². The first-order valence-electron chi connectivity index (χ1n) is 22.3. The molecular weight excluding hydrogens is 783 g/mol. The zero-order valence-corrected chi connectivity index (χ0v) is 37.6. The number of hydrogen-bond acceptors (Lipinski definition) is 10. The second-order valence-electron chi connectivity index (χ2n) is 14.6. The van der Waals surface area contributed by atoms with Crippen molar-refractivity contribution in [2.75, 3.05) is 26.4 Å². The number of aliphatic hydroxyl groups is 3. The Balaban J connectivity index is 4.52. The van der Waals surface area contributed by atoms with Gasteiger partial charge in [0.25, 0.3) is 0 Å². The molecule has 0 aliphatic heterocycles. The monoisotopic (exact) mass is 863 g/mol. The van der Waals surface area contributed by atoms with E-state index in [1.165, 1.54) is 44.9 Å². The molecule has 11 nitrogen and oxygen atoms in total. The van der Waals surface area contributed by atoms with Crippen molar-refractivity contribution >= 4 is 19.8 Å². The highest BCUT2D eigenvalue weighted by Crippen LogP contribution is 2.43. The largest absolute Gasteiger partial charge is 0.472 e. The van der Waals surface area contributed by atoms with E-state index in [9.17, 15) is 29.3 Å². The van der Waals surface area contributed by atoms with Gasteiger partial charge in [0, 0.05) is 12.8 Å². The van der Waals surface area contributed by atoms with Crippen molar-refractivity contribution < 1.29 is 52.9 Å². The smallest absolute Gasteiger partial charge is 0.462 e. The van der Waals surface area contributed by atoms with E-state index in [1.54, 1.807) is 6.08 Å². The van der Waals surface area contributed by atoms with Crippen molar-refractivity contribution in [2.45, 2.75) is 167 Å². The van der Waals surface area contributed by atoms with Crippen LogP contribution >= 0.6 is 7.82 Å². The molecule has 0 fully saturated rings. The van der Waals surface area contributed by atoms with Crippen molar-refractivity contribution in [3.63, 3.8) is 0 Å². The highest BCUT2D eigenvalue weighted by molar-refractivity contribution is 7.47. The number of phosphoric acid groups is 1. The van der Waals surface area contributed by atoms with Gasteiger partial charge in [0.1, 0.15) is 12.7 Å². The van der Waals surface area contributed by atoms with E-state index in [2.05, 4.69) is 73.1 Å². The van der Waals surface area contributed by atoms with Gasteiger partial charge in [-0.05, 0) is 89.9 Å². The number of allylic oxidation sites excluding steroid dienone is 14. The Kier molecular flexibility index (Phi) is 40.3. The average Bonchev–Trinajstić information content (AvgIpc) is 3.23. The Morgan fingerprint density at radius 2 is 1.07 bits per heavy atom. The number of carbonyl (C=O) groups excluding carboxylic acids is 2. The minimum atomic E-state index is -4.66. The molecule has 60 heavy (non-hydrogen) atoms. The lowest BCUT2D eigenvalue weighted by molar-refractivity contribution is -0.161. The third kappa shape index (κ3) is 41.6. The van der Waals surface area contributed by atoms with Crippen LogP contribution in [0.2, 0.25) is 0 Å². The van der Waals surface area contributed by atoms with Crippen molar-refractivity contribution in [2.24, 2.45) is 0 Å². The number of esters is 2. The van der Waals surface area contributed by atoms with Gasteiger partial charge in [-0.3, -0.25) is 18.6 Å². The second-order valence-corrected chi connectivity index (χ2v) is 16.0. The minimum absolute atomic E-state index is 0.117. The summed E-state index contributed by atoms with van der Waals surface area (Å²) in [6, 6.07) is 0. The van der Waals surface area contributed by atoms with E-state index in [1.807, 2.05) is 36.5 Å². The third-order valence-corrected chi connectivity index (χ3v) is 9.74. The Bertz CT molecular complexity index is 1330. The van der Waals surface area contributed by atoms with Gasteiger partial charge in [0.2, 0.25) is 0 Å². The summed E-state index contributed by atoms with van der Waals surface area (Å²) in [5.41, 5.74) is 0. The highest BCUT2D eigenvalue weighted by atomic mass is 31.2. The van der Waals surface area contributed by atoms with Crippen LogP contribution in [0.4, 0.5) is 0 Å². The van der Waals surface area contributed by atoms with E-state index in [0.717, 1.165) is 44.9 Å². The maximum atomic E-state index is 12.6. The topological polar surface area (TPSA) is 169 Å². The Hall–Kier alpha value is -3.15. The molecular formula is C48H79O11P. The molecule has 0 rings (SSSR count). The van der Waals surface area contributed by atoms with Gasteiger partial charge in [-0.15, -0.1) is 0 Å². The lowest BCUT2D eigenvalue weighted by Gasteiger charge is -2.20. The molecule has 4 N–H and O–H groups in total. The van der Waals surface area contributed by atoms with Gasteiger partial charge >= 0.3 is 19.8 Å². The molecule has 0 aromatic carbocycles. The van der Waals surface area contributed by atoms with Gasteiger partial charge in [-0.1, -0.05) is 143 Å². The summed E-state index contributed by atoms with van der Waals surface area (Å²) in [4.78, 5) is 35.0. The van der Waals surface area contributed by atoms with Gasteiger partial charge in [0.05, 0.1) is 25.9 Å². The van der Waals surface area contributed by atoms with E-state index >= 15 is 0 Å². The van der Waals surface area contributed by atoms with Gasteiger partial charge in [-0.25, -0.2) is 4.57 Å². The molecule has 0 aromatic heterocycles. The van der Waals surface area contributed by atoms with E-state index in [4.69, 9.17) is 19.1 Å². The number of ether oxygens (including phenoxy) is 2. The summed E-state index contributed by atoms with van der Waals surface area (Å²) in [5.74, 6) is -1.08. The lowest BCUT2D eigenvalue weighted by Crippen LogP contribution is -2.29. The van der Waals surface area contributed by atoms with E-state index in [0.29, 0.717) is 32.1 Å². The summed E-state index contributed by atoms with van der Waals surface area (Å²) >= 11 is 0. The molecule has 0 spiro atoms. The van der Waals surface area contributed by atoms with E-state index in [-0.39, 0.29) is 19.4 Å². The number of unbranched alkanes of at least 4 members (excludes halogenated alkanes) is 10. The molecule has 0 aliphatic rings. The summed E-state index contributed by atoms with van der Waals surface area (Å²) in [5, 5.41) is 28.4. The molecule has 0 saturated heterocycles. The first-order valence-corrected chi connectivity index (χ1v) is 23.8. The molecule has 342 valence electrons. The second kappa shape index (κ2) is 42.5. The normalized spacial score (nSPS) is 15.2. The van der Waals surface area contributed by atoms with Crippen LogP contribution in [0.1, 0.15) is 149 Å². The first kappa shape index (κ1) is 56.9. The molecule has 4 atom stereocenters. The number of rotatable bonds is 40. The van der Waals surface area contributed by atoms with Crippen molar-refractivity contribution in [3.8, 4) is 0 Å². The molecule has 0 radical (unpaired) electrons. The average molecular weight is 863 g/mol. The molecule has 0 amide bonds. The van der Waals surface area contributed by atoms with Crippen molar-refractivity contribution in [1.82, 2.24) is 0 Å². The van der Waals surface area contributed by atoms with Gasteiger partial charge in [0.15, 0.2) is 6.10 Å². The zero-order chi connectivity index (χ0) is 44.2. The lowest BCUT2D eigenvalue weighted by atomic mass is 10.1. The zero-order valence-electron chi connectivity index (χ0n) is 36.7. The molecule has 0 saturated carbocycles. The molecule has 1 unspecified atom stereocenters. The molecule has 0 heterocycles. The van der Waals surface area contributed by atoms with Crippen LogP contribution < -0.4 is 0 Å². The molecule has 0 bridgehead atoms. The SMILES string of the molecule is CCCCC/C=C\C/C=C\C/C=C\C/C=C\CCCCCC(=O)O[C@H](COC(=O)CCC/C=C\C/C=C\C=C\[C@H](O)C/C=C\CCCCC)COP(=O)(O)OC[C@@H](O)CO. The Morgan fingerprint density at radius 1 is 0.567 bits per heavy atom. The highest BCUT2D eigenvalue weighted by Gasteiger charge is 2.27. The van der Waals surface area contributed by atoms with Crippen LogP contribution in [-0.4, -0.2) is 76.9 Å². The number of hydrogen-bond donors (Lipinski definition) is 4. The van der Waals surface area contributed by atoms with Crippen LogP contribution in [0.15, 0.2) is 97.2 Å². The molecule has 0 aromatic rings. The number of phosphoric ester groups is 1. The van der Waals surface area contributed by atoms with E-state index < -0.39 is 57.9 Å². The van der Waals surface area contributed by atoms with Crippen LogP contribution in [0.5, 0.6) is 0 Å². The number of carbonyl (C=O) groups is 2. The summed E-state index contributed by atoms with van der Waals surface area (Å²) < 4.78 is 32.6. The fourth-order valence-corrected chi connectivity index (χ4v) is 6.08. The minimum Gasteiger partial charge on any atom is -0.462 e. The third-order valence-electron chi connectivity index (χ3n) is 8.79. The van der Waals surface area contributed by atoms with Crippen LogP contribution in [0.3, 0.4) is 0 Å². The molecule has 12 heteroatoms. The van der Waals surface area contributed by atoms with Gasteiger partial charge < -0.3 is 29.7 Å². The van der Waals surface area contributed by atoms with Crippen molar-refractivity contribution in [1.29, 1.82) is 0 Å². The fourth-order valence-electron chi connectivity index (χ4n) is 5.29. The maximum absolute atomic E-state index is 12.6. The number of aliphatic hydroxyl groups excluding tert-OH is 3. The standard InChI is InChI=1S/C48H79O11P/c1-3-5-7-9-11-12-13-14-15-16-17-18-19-20-21-22-27-31-35-39-48(53)59-46(43-58-60(54,55)57-41-45(51)40-49)42-56-47(52)38-34-30-26-24-23-25-29-33-37-44(50)36-32-28-10-8-6-4-2/h11-12,14-15,17-18,20-21,24-26,28-29,32-33,37,44-46,49-51H,3-10,13,16,19,22-23,27,30-31,34-36,38-43H2,1-2H3,(H,54,55)/b12-11-,15-14-,18-17-,21-20-,26-24-,29-25-,32-28-,37-33+/t44-,45+,46-/m1/s1. The van der Waals surface area contributed by atoms with Crippen LogP contribution in [-0.2, 0) is 32.7 Å². The first-order chi connectivity index (χ1) is 29.1. The molecule has 0 aliphatic carbocycles. The summed E-state index contributed by atoms with van der Waals surface area (Å²) in [6.45, 7) is 2.11. The maximum Gasteiger partial charge on any atom is 0.472 e. The predicted octanol–water partition coefficient (Wildman–Crippen LogP) is 11.0. The quantitative estimate of drug-likeness (QED) is 0.0152. The van der Waals surface area contributed by atoms with Crippen LogP contribution in [0.25, 0.3) is 0 Å². The van der Waals surface area contributed by atoms with Gasteiger partial charge in [-0.2, -0.15) is 0 Å². The van der Waals surface area contributed by atoms with Crippen molar-refractivity contribution in [3.05, 3.63) is 97.2 Å². The van der Waals surface area contributed by atoms with Crippen LogP contribution in [0, 0.1) is 0 Å². The Morgan fingerprint density at radius 3 is 1.65 bits per heavy atom. The predicted molar refractivity (Wildman–Crippen MR) is 243 cm³/mol. The summed E-state index contributed by atoms with van der Waals surface area (Å²) in [6.07, 6.45) is 48.3. The summed E-state index contributed by atoms with van der Waals surface area (Å²) in [7, 11) is -4.66.